The lowest BCUT2D eigenvalue weighted by molar-refractivity contribution is -0.127. The van der Waals surface area contributed by atoms with E-state index in [1.165, 1.54) is 4.90 Å². The van der Waals surface area contributed by atoms with Gasteiger partial charge in [-0.2, -0.15) is 0 Å². The first kappa shape index (κ1) is 22.0. The number of rotatable bonds is 6. The minimum Gasteiger partial charge on any atom is -0.356 e. The van der Waals surface area contributed by atoms with Crippen LogP contribution in [0.15, 0.2) is 29.3 Å². The zero-order valence-electron chi connectivity index (χ0n) is 14.1. The number of guanidine groups is 1. The van der Waals surface area contributed by atoms with Gasteiger partial charge in [0.1, 0.15) is 6.54 Å². The van der Waals surface area contributed by atoms with Crippen molar-refractivity contribution >= 4 is 47.4 Å². The smallest absolute Gasteiger partial charge is 0.243 e. The summed E-state index contributed by atoms with van der Waals surface area (Å²) in [6.07, 6.45) is 0.980. The minimum absolute atomic E-state index is 0. The van der Waals surface area contributed by atoms with Crippen LogP contribution < -0.4 is 10.6 Å². The molecular weight excluding hydrogens is 427 g/mol. The number of aliphatic imine (C=N–C) groups is 1. The van der Waals surface area contributed by atoms with E-state index in [1.807, 2.05) is 31.2 Å². The Kier molecular flexibility index (Phi) is 11.0. The Hall–Kier alpha value is -1.02. The van der Waals surface area contributed by atoms with Crippen molar-refractivity contribution in [2.45, 2.75) is 26.3 Å². The second kappa shape index (κ2) is 11.5. The summed E-state index contributed by atoms with van der Waals surface area (Å²) < 4.78 is 0. The highest BCUT2D eigenvalue weighted by Crippen LogP contribution is 2.17. The lowest BCUT2D eigenvalue weighted by Gasteiger charge is -2.19. The molecule has 0 saturated heterocycles. The van der Waals surface area contributed by atoms with Gasteiger partial charge in [-0.1, -0.05) is 30.7 Å². The van der Waals surface area contributed by atoms with Gasteiger partial charge in [-0.15, -0.1) is 24.0 Å². The van der Waals surface area contributed by atoms with Crippen molar-refractivity contribution in [3.05, 3.63) is 34.9 Å². The van der Waals surface area contributed by atoms with Crippen LogP contribution in [0.4, 0.5) is 0 Å². The Morgan fingerprint density at radius 1 is 1.39 bits per heavy atom. The number of amides is 1. The van der Waals surface area contributed by atoms with Gasteiger partial charge in [0.15, 0.2) is 5.96 Å². The number of nitrogens with zero attached hydrogens (tertiary/aromatic N) is 2. The van der Waals surface area contributed by atoms with Crippen LogP contribution in [0.3, 0.4) is 0 Å². The van der Waals surface area contributed by atoms with E-state index in [0.29, 0.717) is 11.0 Å². The topological polar surface area (TPSA) is 56.7 Å². The molecule has 1 amide bonds. The van der Waals surface area contributed by atoms with Gasteiger partial charge in [0, 0.05) is 25.7 Å². The van der Waals surface area contributed by atoms with E-state index < -0.39 is 0 Å². The summed E-state index contributed by atoms with van der Waals surface area (Å²) in [6.45, 7) is 5.02. The maximum Gasteiger partial charge on any atom is 0.243 e. The number of benzene rings is 1. The van der Waals surface area contributed by atoms with E-state index in [-0.39, 0.29) is 42.5 Å². The number of hydrogen-bond donors (Lipinski definition) is 2. The molecule has 0 radical (unpaired) electrons. The second-order valence-corrected chi connectivity index (χ2v) is 5.74. The lowest BCUT2D eigenvalue weighted by atomic mass is 10.1. The highest BCUT2D eigenvalue weighted by atomic mass is 127. The predicted molar refractivity (Wildman–Crippen MR) is 108 cm³/mol. The van der Waals surface area contributed by atoms with Crippen molar-refractivity contribution in [1.29, 1.82) is 0 Å². The SMILES string of the molecule is CCCNC(=NCC(=O)N(C)C)NC(C)c1cccc(Cl)c1.I. The molecule has 7 heteroatoms. The van der Waals surface area contributed by atoms with Crippen molar-refractivity contribution < 1.29 is 4.79 Å². The first-order chi connectivity index (χ1) is 10.4. The van der Waals surface area contributed by atoms with Crippen LogP contribution in [0, 0.1) is 0 Å². The molecule has 1 unspecified atom stereocenters. The van der Waals surface area contributed by atoms with Crippen LogP contribution in [0.5, 0.6) is 0 Å². The molecule has 0 aliphatic carbocycles. The molecule has 1 atom stereocenters. The van der Waals surface area contributed by atoms with Crippen LogP contribution in [0.2, 0.25) is 5.02 Å². The van der Waals surface area contributed by atoms with Crippen LogP contribution >= 0.6 is 35.6 Å². The van der Waals surface area contributed by atoms with Gasteiger partial charge in [-0.25, -0.2) is 4.99 Å². The van der Waals surface area contributed by atoms with Crippen molar-refractivity contribution in [2.75, 3.05) is 27.2 Å². The molecule has 5 nitrogen and oxygen atoms in total. The zero-order valence-corrected chi connectivity index (χ0v) is 17.2. The van der Waals surface area contributed by atoms with E-state index >= 15 is 0 Å². The number of halogens is 2. The number of likely N-dealkylation sites (N-methyl/N-ethyl adjacent to an activating group) is 1. The van der Waals surface area contributed by atoms with E-state index in [0.717, 1.165) is 18.5 Å². The van der Waals surface area contributed by atoms with Crippen LogP contribution in [-0.2, 0) is 4.79 Å². The fourth-order valence-electron chi connectivity index (χ4n) is 1.75. The summed E-state index contributed by atoms with van der Waals surface area (Å²) in [5, 5.41) is 7.22. The average molecular weight is 453 g/mol. The molecule has 1 rings (SSSR count). The van der Waals surface area contributed by atoms with Gasteiger partial charge >= 0.3 is 0 Å². The quantitative estimate of drug-likeness (QED) is 0.396. The first-order valence-electron chi connectivity index (χ1n) is 7.44. The van der Waals surface area contributed by atoms with Crippen LogP contribution in [0.1, 0.15) is 31.9 Å². The molecule has 1 aromatic carbocycles. The summed E-state index contributed by atoms with van der Waals surface area (Å²) in [6, 6.07) is 7.73. The fourth-order valence-corrected chi connectivity index (χ4v) is 1.95. The second-order valence-electron chi connectivity index (χ2n) is 5.30. The number of hydrogen-bond acceptors (Lipinski definition) is 2. The Morgan fingerprint density at radius 3 is 2.65 bits per heavy atom. The lowest BCUT2D eigenvalue weighted by Crippen LogP contribution is -2.40. The summed E-state index contributed by atoms with van der Waals surface area (Å²) in [4.78, 5) is 17.5. The zero-order chi connectivity index (χ0) is 16.5. The maximum atomic E-state index is 11.7. The molecule has 0 bridgehead atoms. The molecule has 2 N–H and O–H groups in total. The molecule has 130 valence electrons. The minimum atomic E-state index is -0.0343. The molecule has 0 aliphatic rings. The Morgan fingerprint density at radius 2 is 2.09 bits per heavy atom. The normalized spacial score (nSPS) is 12.1. The van der Waals surface area contributed by atoms with E-state index in [2.05, 4.69) is 22.5 Å². The van der Waals surface area contributed by atoms with E-state index in [4.69, 9.17) is 11.6 Å². The highest BCUT2D eigenvalue weighted by molar-refractivity contribution is 14.0. The van der Waals surface area contributed by atoms with Crippen molar-refractivity contribution in [1.82, 2.24) is 15.5 Å². The molecule has 0 fully saturated rings. The fraction of sp³-hybridized carbons (Fsp3) is 0.500. The van der Waals surface area contributed by atoms with Gasteiger partial charge in [0.25, 0.3) is 0 Å². The first-order valence-corrected chi connectivity index (χ1v) is 7.82. The summed E-state index contributed by atoms with van der Waals surface area (Å²) in [5.41, 5.74) is 1.07. The highest BCUT2D eigenvalue weighted by Gasteiger charge is 2.09. The third-order valence-corrected chi connectivity index (χ3v) is 3.35. The summed E-state index contributed by atoms with van der Waals surface area (Å²) in [5.74, 6) is 0.595. The molecule has 1 aromatic rings. The average Bonchev–Trinajstić information content (AvgIpc) is 2.49. The van der Waals surface area contributed by atoms with Gasteiger partial charge < -0.3 is 15.5 Å². The number of carbonyl (C=O) groups is 1. The predicted octanol–water partition coefficient (Wildman–Crippen LogP) is 3.05. The molecule has 0 aromatic heterocycles. The number of nitrogens with one attached hydrogen (secondary N) is 2. The van der Waals surface area contributed by atoms with Gasteiger partial charge in [-0.05, 0) is 31.0 Å². The number of carbonyl (C=O) groups excluding carboxylic acids is 1. The molecule has 23 heavy (non-hydrogen) atoms. The molecular formula is C16H26ClIN4O. The maximum absolute atomic E-state index is 11.7. The van der Waals surface area contributed by atoms with Crippen molar-refractivity contribution in [2.24, 2.45) is 4.99 Å². The molecule has 0 spiro atoms. The van der Waals surface area contributed by atoms with Gasteiger partial charge in [0.05, 0.1) is 6.04 Å². The third-order valence-electron chi connectivity index (χ3n) is 3.12. The Bertz CT molecular complexity index is 523. The Labute approximate surface area is 160 Å². The molecule has 0 aliphatic heterocycles. The molecule has 0 heterocycles. The third kappa shape index (κ3) is 8.41. The van der Waals surface area contributed by atoms with Gasteiger partial charge in [0.2, 0.25) is 5.91 Å². The largest absolute Gasteiger partial charge is 0.356 e. The van der Waals surface area contributed by atoms with Gasteiger partial charge in [-0.3, -0.25) is 4.79 Å². The van der Waals surface area contributed by atoms with Crippen LogP contribution in [0.25, 0.3) is 0 Å². The van der Waals surface area contributed by atoms with E-state index in [1.54, 1.807) is 14.1 Å². The standard InChI is InChI=1S/C16H25ClN4O.HI/c1-5-9-18-16(19-11-15(22)21(3)4)20-12(2)13-7-6-8-14(17)10-13;/h6-8,10,12H,5,9,11H2,1-4H3,(H2,18,19,20);1H. The van der Waals surface area contributed by atoms with Crippen LogP contribution in [-0.4, -0.2) is 44.0 Å². The van der Waals surface area contributed by atoms with Crippen molar-refractivity contribution in [3.63, 3.8) is 0 Å². The summed E-state index contributed by atoms with van der Waals surface area (Å²) >= 11 is 6.02. The monoisotopic (exact) mass is 452 g/mol. The van der Waals surface area contributed by atoms with Crippen molar-refractivity contribution in [3.8, 4) is 0 Å². The summed E-state index contributed by atoms with van der Waals surface area (Å²) in [7, 11) is 3.44. The Balaban J connectivity index is 0.00000484. The van der Waals surface area contributed by atoms with E-state index in [9.17, 15) is 4.79 Å². The molecule has 0 saturated carbocycles.